The van der Waals surface area contributed by atoms with Gasteiger partial charge in [-0.1, -0.05) is 108 Å². The Balaban J connectivity index is 1.52. The summed E-state index contributed by atoms with van der Waals surface area (Å²) >= 11 is 0. The van der Waals surface area contributed by atoms with Gasteiger partial charge < -0.3 is 14.4 Å². The lowest BCUT2D eigenvalue weighted by Crippen LogP contribution is -2.46. The van der Waals surface area contributed by atoms with Crippen molar-refractivity contribution >= 4 is 0 Å². The minimum Gasteiger partial charge on any atom is -0.493 e. The summed E-state index contributed by atoms with van der Waals surface area (Å²) < 4.78 is 11.1. The molecule has 0 bridgehead atoms. The van der Waals surface area contributed by atoms with Crippen LogP contribution in [0.25, 0.3) is 0 Å². The van der Waals surface area contributed by atoms with Crippen molar-refractivity contribution < 1.29 is 9.47 Å². The predicted octanol–water partition coefficient (Wildman–Crippen LogP) is 8.37. The van der Waals surface area contributed by atoms with Gasteiger partial charge in [0.15, 0.2) is 11.5 Å². The van der Waals surface area contributed by atoms with Crippen molar-refractivity contribution in [2.24, 2.45) is 0 Å². The maximum atomic E-state index is 10.6. The zero-order valence-corrected chi connectivity index (χ0v) is 26.2. The average molecular weight is 562 g/mol. The van der Waals surface area contributed by atoms with Gasteiger partial charge in [-0.15, -0.1) is 0 Å². The topological polar surface area (TPSA) is 48.7 Å². The minimum atomic E-state index is -0.491. The van der Waals surface area contributed by atoms with Crippen LogP contribution in [0, 0.1) is 11.3 Å². The molecule has 1 heterocycles. The fourth-order valence-electron chi connectivity index (χ4n) is 6.26. The monoisotopic (exact) mass is 561 g/mol. The zero-order chi connectivity index (χ0) is 29.2. The molecule has 0 amide bonds. The zero-order valence-electron chi connectivity index (χ0n) is 26.2. The molecule has 0 radical (unpaired) electrons. The van der Waals surface area contributed by atoms with Gasteiger partial charge in [-0.05, 0) is 49.1 Å². The van der Waals surface area contributed by atoms with Crippen LogP contribution in [-0.2, 0) is 12.0 Å². The first kappa shape index (κ1) is 33.0. The maximum absolute atomic E-state index is 10.6. The SMILES string of the molecule is CCCCCCCCCCCCC(C#N)(CCCN1CCN(Cc2ccccc2)CC1)c1ccc(OC)c(OC)c1. The van der Waals surface area contributed by atoms with Crippen molar-refractivity contribution in [3.8, 4) is 17.6 Å². The Morgan fingerprint density at radius 3 is 1.90 bits per heavy atom. The van der Waals surface area contributed by atoms with Crippen LogP contribution >= 0.6 is 0 Å². The van der Waals surface area contributed by atoms with E-state index in [0.717, 1.165) is 76.3 Å². The van der Waals surface area contributed by atoms with Crippen LogP contribution in [0.1, 0.15) is 102 Å². The highest BCUT2D eigenvalue weighted by molar-refractivity contribution is 5.47. The number of ether oxygens (including phenoxy) is 2. The maximum Gasteiger partial charge on any atom is 0.161 e. The molecule has 3 rings (SSSR count). The molecule has 1 aliphatic rings. The van der Waals surface area contributed by atoms with Gasteiger partial charge in [0.05, 0.1) is 25.7 Å². The molecule has 226 valence electrons. The normalized spacial score (nSPS) is 15.8. The van der Waals surface area contributed by atoms with Gasteiger partial charge in [0.2, 0.25) is 0 Å². The van der Waals surface area contributed by atoms with Gasteiger partial charge in [-0.25, -0.2) is 0 Å². The number of unbranched alkanes of at least 4 members (excludes halogenated alkanes) is 9. The van der Waals surface area contributed by atoms with Gasteiger partial charge in [-0.2, -0.15) is 5.26 Å². The van der Waals surface area contributed by atoms with Crippen LogP contribution in [0.3, 0.4) is 0 Å². The summed E-state index contributed by atoms with van der Waals surface area (Å²) in [6.07, 6.45) is 15.9. The summed E-state index contributed by atoms with van der Waals surface area (Å²) in [5.74, 6) is 1.43. The number of hydrogen-bond acceptors (Lipinski definition) is 5. The first-order chi connectivity index (χ1) is 20.1. The highest BCUT2D eigenvalue weighted by Gasteiger charge is 2.33. The third kappa shape index (κ3) is 11.0. The van der Waals surface area contributed by atoms with E-state index in [4.69, 9.17) is 9.47 Å². The summed E-state index contributed by atoms with van der Waals surface area (Å²) in [5, 5.41) is 10.6. The number of piperazine rings is 1. The third-order valence-corrected chi connectivity index (χ3v) is 8.90. The number of rotatable bonds is 20. The Bertz CT molecular complexity index is 1010. The molecule has 1 fully saturated rings. The van der Waals surface area contributed by atoms with Crippen LogP contribution in [-0.4, -0.2) is 56.7 Å². The van der Waals surface area contributed by atoms with E-state index in [2.05, 4.69) is 59.2 Å². The Morgan fingerprint density at radius 1 is 0.707 bits per heavy atom. The number of nitrogens with zero attached hydrogens (tertiary/aromatic N) is 3. The Labute approximate surface area is 250 Å². The highest BCUT2D eigenvalue weighted by Crippen LogP contribution is 2.39. The van der Waals surface area contributed by atoms with Gasteiger partial charge in [0, 0.05) is 32.7 Å². The van der Waals surface area contributed by atoms with Crippen LogP contribution in [0.2, 0.25) is 0 Å². The van der Waals surface area contributed by atoms with E-state index in [1.807, 2.05) is 12.1 Å². The van der Waals surface area contributed by atoms with E-state index in [-0.39, 0.29) is 0 Å². The van der Waals surface area contributed by atoms with Gasteiger partial charge in [0.25, 0.3) is 0 Å². The summed E-state index contributed by atoms with van der Waals surface area (Å²) in [4.78, 5) is 5.14. The average Bonchev–Trinajstić information content (AvgIpc) is 3.02. The second-order valence-electron chi connectivity index (χ2n) is 11.9. The van der Waals surface area contributed by atoms with E-state index in [9.17, 15) is 5.26 Å². The van der Waals surface area contributed by atoms with Crippen molar-refractivity contribution in [2.45, 2.75) is 102 Å². The number of nitriles is 1. The van der Waals surface area contributed by atoms with E-state index >= 15 is 0 Å². The lowest BCUT2D eigenvalue weighted by Gasteiger charge is -2.35. The molecule has 5 heteroatoms. The Kier molecular flexibility index (Phi) is 15.1. The smallest absolute Gasteiger partial charge is 0.161 e. The van der Waals surface area contributed by atoms with Crippen LogP contribution in [0.15, 0.2) is 48.5 Å². The minimum absolute atomic E-state index is 0.491. The Hall–Kier alpha value is -2.55. The van der Waals surface area contributed by atoms with Crippen molar-refractivity contribution in [1.29, 1.82) is 5.26 Å². The van der Waals surface area contributed by atoms with Gasteiger partial charge >= 0.3 is 0 Å². The third-order valence-electron chi connectivity index (χ3n) is 8.90. The summed E-state index contributed by atoms with van der Waals surface area (Å²) in [6, 6.07) is 19.7. The highest BCUT2D eigenvalue weighted by atomic mass is 16.5. The van der Waals surface area contributed by atoms with E-state index < -0.39 is 5.41 Å². The van der Waals surface area contributed by atoms with Crippen LogP contribution in [0.5, 0.6) is 11.5 Å². The number of hydrogen-bond donors (Lipinski definition) is 0. The molecule has 1 unspecified atom stereocenters. The Morgan fingerprint density at radius 2 is 1.29 bits per heavy atom. The molecule has 1 atom stereocenters. The molecular weight excluding hydrogens is 506 g/mol. The van der Waals surface area contributed by atoms with Crippen LogP contribution < -0.4 is 9.47 Å². The van der Waals surface area contributed by atoms with Crippen LogP contribution in [0.4, 0.5) is 0 Å². The molecule has 0 aliphatic carbocycles. The molecule has 0 saturated carbocycles. The second kappa shape index (κ2) is 18.8. The molecule has 2 aromatic carbocycles. The fourth-order valence-corrected chi connectivity index (χ4v) is 6.26. The van der Waals surface area contributed by atoms with Crippen molar-refractivity contribution in [3.05, 3.63) is 59.7 Å². The molecule has 0 aromatic heterocycles. The van der Waals surface area contributed by atoms with E-state index in [1.54, 1.807) is 14.2 Å². The lowest BCUT2D eigenvalue weighted by atomic mass is 9.74. The fraction of sp³-hybridized carbons (Fsp3) is 0.639. The molecular formula is C36H55N3O2. The molecule has 5 nitrogen and oxygen atoms in total. The molecule has 2 aromatic rings. The first-order valence-corrected chi connectivity index (χ1v) is 16.3. The molecule has 41 heavy (non-hydrogen) atoms. The van der Waals surface area contributed by atoms with Gasteiger partial charge in [-0.3, -0.25) is 4.90 Å². The van der Waals surface area contributed by atoms with Crippen molar-refractivity contribution in [2.75, 3.05) is 46.9 Å². The van der Waals surface area contributed by atoms with E-state index in [1.165, 1.54) is 63.4 Å². The predicted molar refractivity (Wildman–Crippen MR) is 171 cm³/mol. The first-order valence-electron chi connectivity index (χ1n) is 16.3. The summed E-state index contributed by atoms with van der Waals surface area (Å²) in [5.41, 5.74) is 1.97. The largest absolute Gasteiger partial charge is 0.493 e. The molecule has 0 spiro atoms. The van der Waals surface area contributed by atoms with Crippen molar-refractivity contribution in [3.63, 3.8) is 0 Å². The number of benzene rings is 2. The van der Waals surface area contributed by atoms with Crippen molar-refractivity contribution in [1.82, 2.24) is 9.80 Å². The molecule has 0 N–H and O–H groups in total. The van der Waals surface area contributed by atoms with Gasteiger partial charge in [0.1, 0.15) is 0 Å². The quantitative estimate of drug-likeness (QED) is 0.152. The van der Waals surface area contributed by atoms with E-state index in [0.29, 0.717) is 5.75 Å². The molecule has 1 aliphatic heterocycles. The lowest BCUT2D eigenvalue weighted by molar-refractivity contribution is 0.124. The molecule has 1 saturated heterocycles. The summed E-state index contributed by atoms with van der Waals surface area (Å²) in [7, 11) is 3.34. The number of methoxy groups -OCH3 is 2. The second-order valence-corrected chi connectivity index (χ2v) is 11.9. The summed E-state index contributed by atoms with van der Waals surface area (Å²) in [6.45, 7) is 8.76. The standard InChI is InChI=1S/C36H55N3O2/c1-4-5-6-7-8-9-10-11-12-16-22-36(31-37,33-20-21-34(40-2)35(29-33)41-3)23-17-24-38-25-27-39(28-26-38)30-32-18-14-13-15-19-32/h13-15,18-21,29H,4-12,16-17,22-28,30H2,1-3H3.